The number of ether oxygens (including phenoxy) is 1. The smallest absolute Gasteiger partial charge is 0.351 e. The SMILES string of the molecule is Cc1ccc(NC(=O)CN2C(=O)N=C(Cc3cc(C)n(-c4ccc(Oc5ccc([N+](=O)[O-])cn5)cc4)c3C)C2=O)cc1. The Kier molecular flexibility index (Phi) is 7.61. The molecule has 42 heavy (non-hydrogen) atoms. The van der Waals surface area contributed by atoms with Gasteiger partial charge in [0, 0.05) is 41.3 Å². The molecule has 3 heterocycles. The van der Waals surface area contributed by atoms with Crippen LogP contribution in [0.15, 0.2) is 77.9 Å². The fourth-order valence-electron chi connectivity index (χ4n) is 4.61. The summed E-state index contributed by atoms with van der Waals surface area (Å²) in [5.74, 6) is -0.363. The first-order chi connectivity index (χ1) is 20.1. The van der Waals surface area contributed by atoms with Crippen molar-refractivity contribution in [2.45, 2.75) is 27.2 Å². The minimum Gasteiger partial charge on any atom is -0.439 e. The number of aliphatic imine (C=N–C) groups is 1. The van der Waals surface area contributed by atoms with E-state index >= 15 is 0 Å². The zero-order valence-corrected chi connectivity index (χ0v) is 23.0. The van der Waals surface area contributed by atoms with Crippen LogP contribution in [0.1, 0.15) is 22.5 Å². The Morgan fingerprint density at radius 2 is 1.71 bits per heavy atom. The summed E-state index contributed by atoms with van der Waals surface area (Å²) in [6.45, 7) is 5.33. The Morgan fingerprint density at radius 3 is 2.36 bits per heavy atom. The van der Waals surface area contributed by atoms with Crippen molar-refractivity contribution in [3.05, 3.63) is 106 Å². The lowest BCUT2D eigenvalue weighted by atomic mass is 10.1. The Hall–Kier alpha value is -5.65. The van der Waals surface area contributed by atoms with Crippen molar-refractivity contribution in [2.24, 2.45) is 4.99 Å². The Bertz CT molecular complexity index is 1720. The Labute approximate surface area is 240 Å². The zero-order valence-electron chi connectivity index (χ0n) is 23.0. The molecule has 0 bridgehead atoms. The number of urea groups is 1. The van der Waals surface area contributed by atoms with Gasteiger partial charge in [0.05, 0.1) is 4.92 Å². The first kappa shape index (κ1) is 27.9. The minimum absolute atomic E-state index is 0.0720. The number of aryl methyl sites for hydroxylation is 2. The summed E-state index contributed by atoms with van der Waals surface area (Å²) in [6.07, 6.45) is 1.26. The van der Waals surface area contributed by atoms with Gasteiger partial charge in [0.25, 0.3) is 11.6 Å². The number of carbonyl (C=O) groups excluding carboxylic acids is 3. The highest BCUT2D eigenvalue weighted by molar-refractivity contribution is 6.46. The molecule has 5 rings (SSSR count). The number of carbonyl (C=O) groups is 3. The van der Waals surface area contributed by atoms with E-state index in [4.69, 9.17) is 4.74 Å². The van der Waals surface area contributed by atoms with Crippen LogP contribution in [-0.2, 0) is 16.0 Å². The Balaban J connectivity index is 1.24. The predicted molar refractivity (Wildman–Crippen MR) is 154 cm³/mol. The molecule has 12 heteroatoms. The molecule has 4 aromatic rings. The molecule has 0 radical (unpaired) electrons. The summed E-state index contributed by atoms with van der Waals surface area (Å²) in [7, 11) is 0. The van der Waals surface area contributed by atoms with Crippen molar-refractivity contribution >= 4 is 34.9 Å². The summed E-state index contributed by atoms with van der Waals surface area (Å²) < 4.78 is 7.69. The maximum absolute atomic E-state index is 13.0. The van der Waals surface area contributed by atoms with E-state index in [0.717, 1.165) is 39.3 Å². The molecular weight excluding hydrogens is 540 g/mol. The molecule has 212 valence electrons. The number of pyridine rings is 1. The van der Waals surface area contributed by atoms with Crippen LogP contribution in [0.4, 0.5) is 16.2 Å². The van der Waals surface area contributed by atoms with Gasteiger partial charge in [-0.05, 0) is 68.8 Å². The second-order valence-electron chi connectivity index (χ2n) is 9.76. The van der Waals surface area contributed by atoms with Crippen LogP contribution in [0.3, 0.4) is 0 Å². The second kappa shape index (κ2) is 11.5. The number of imide groups is 1. The van der Waals surface area contributed by atoms with E-state index < -0.39 is 29.3 Å². The summed E-state index contributed by atoms with van der Waals surface area (Å²) in [5, 5.41) is 13.5. The van der Waals surface area contributed by atoms with Crippen LogP contribution in [-0.4, -0.2) is 49.5 Å². The van der Waals surface area contributed by atoms with E-state index in [0.29, 0.717) is 11.4 Å². The largest absolute Gasteiger partial charge is 0.439 e. The maximum atomic E-state index is 13.0. The average Bonchev–Trinajstić information content (AvgIpc) is 3.39. The number of hydrogen-bond acceptors (Lipinski definition) is 7. The van der Waals surface area contributed by atoms with Crippen molar-refractivity contribution in [1.82, 2.24) is 14.5 Å². The quantitative estimate of drug-likeness (QED) is 0.219. The number of rotatable bonds is 9. The van der Waals surface area contributed by atoms with Crippen LogP contribution >= 0.6 is 0 Å². The zero-order chi connectivity index (χ0) is 30.0. The summed E-state index contributed by atoms with van der Waals surface area (Å²) in [5.41, 5.74) is 4.97. The molecule has 0 saturated carbocycles. The molecule has 12 nitrogen and oxygen atoms in total. The molecule has 0 aliphatic carbocycles. The van der Waals surface area contributed by atoms with E-state index in [9.17, 15) is 24.5 Å². The summed E-state index contributed by atoms with van der Waals surface area (Å²) >= 11 is 0. The van der Waals surface area contributed by atoms with Crippen LogP contribution in [0.2, 0.25) is 0 Å². The van der Waals surface area contributed by atoms with Gasteiger partial charge in [0.1, 0.15) is 24.2 Å². The molecule has 1 aliphatic heterocycles. The number of nitrogens with one attached hydrogen (secondary N) is 1. The topological polar surface area (TPSA) is 149 Å². The lowest BCUT2D eigenvalue weighted by molar-refractivity contribution is -0.385. The third kappa shape index (κ3) is 5.92. The van der Waals surface area contributed by atoms with Gasteiger partial charge in [-0.25, -0.2) is 14.7 Å². The lowest BCUT2D eigenvalue weighted by Crippen LogP contribution is -2.39. The van der Waals surface area contributed by atoms with Crippen LogP contribution < -0.4 is 10.1 Å². The number of nitro groups is 1. The number of amides is 4. The van der Waals surface area contributed by atoms with Crippen molar-refractivity contribution in [1.29, 1.82) is 0 Å². The molecule has 0 unspecified atom stereocenters. The normalized spacial score (nSPS) is 12.8. The van der Waals surface area contributed by atoms with E-state index in [1.807, 2.05) is 55.7 Å². The van der Waals surface area contributed by atoms with Gasteiger partial charge < -0.3 is 14.6 Å². The lowest BCUT2D eigenvalue weighted by Gasteiger charge is -2.13. The number of anilines is 1. The monoisotopic (exact) mass is 566 g/mol. The van der Waals surface area contributed by atoms with Crippen LogP contribution in [0.25, 0.3) is 5.69 Å². The predicted octanol–water partition coefficient (Wildman–Crippen LogP) is 5.08. The van der Waals surface area contributed by atoms with Gasteiger partial charge >= 0.3 is 6.03 Å². The number of aromatic nitrogens is 2. The van der Waals surface area contributed by atoms with E-state index in [1.165, 1.54) is 12.1 Å². The summed E-state index contributed by atoms with van der Waals surface area (Å²) in [6, 6.07) is 18.3. The molecule has 1 N–H and O–H groups in total. The highest BCUT2D eigenvalue weighted by Gasteiger charge is 2.35. The van der Waals surface area contributed by atoms with E-state index in [1.54, 1.807) is 24.3 Å². The van der Waals surface area contributed by atoms with Gasteiger partial charge in [0.15, 0.2) is 0 Å². The summed E-state index contributed by atoms with van der Waals surface area (Å²) in [4.78, 5) is 57.0. The average molecular weight is 567 g/mol. The van der Waals surface area contributed by atoms with Gasteiger partial charge in [-0.2, -0.15) is 4.99 Å². The van der Waals surface area contributed by atoms with E-state index in [2.05, 4.69) is 15.3 Å². The molecule has 0 fully saturated rings. The fourth-order valence-corrected chi connectivity index (χ4v) is 4.61. The third-order valence-corrected chi connectivity index (χ3v) is 6.73. The van der Waals surface area contributed by atoms with Gasteiger partial charge in [0.2, 0.25) is 11.8 Å². The van der Waals surface area contributed by atoms with Gasteiger partial charge in [-0.3, -0.25) is 19.7 Å². The first-order valence-electron chi connectivity index (χ1n) is 13.0. The molecule has 1 aliphatic rings. The van der Waals surface area contributed by atoms with Gasteiger partial charge in [-0.1, -0.05) is 17.7 Å². The number of hydrogen-bond donors (Lipinski definition) is 1. The van der Waals surface area contributed by atoms with Crippen molar-refractivity contribution < 1.29 is 24.0 Å². The molecule has 0 saturated heterocycles. The molecule has 0 spiro atoms. The van der Waals surface area contributed by atoms with Crippen LogP contribution in [0.5, 0.6) is 11.6 Å². The molecular formula is C30H26N6O6. The third-order valence-electron chi connectivity index (χ3n) is 6.73. The number of benzene rings is 2. The van der Waals surface area contributed by atoms with Crippen molar-refractivity contribution in [2.75, 3.05) is 11.9 Å². The standard InChI is InChI=1S/C30H26N6O6/c1-18-4-6-22(7-5-18)32-27(37)17-34-29(38)26(33-30(34)39)15-21-14-19(2)35(20(21)3)23-8-11-25(12-9-23)42-28-13-10-24(16-31-28)36(40)41/h4-14,16H,15,17H2,1-3H3,(H,32,37). The highest BCUT2D eigenvalue weighted by Crippen LogP contribution is 2.26. The molecule has 0 atom stereocenters. The number of nitrogens with zero attached hydrogens (tertiary/aromatic N) is 5. The van der Waals surface area contributed by atoms with Gasteiger partial charge in [-0.15, -0.1) is 0 Å². The van der Waals surface area contributed by atoms with E-state index in [-0.39, 0.29) is 23.7 Å². The molecule has 4 amide bonds. The fraction of sp³-hybridized carbons (Fsp3) is 0.167. The van der Waals surface area contributed by atoms with Crippen molar-refractivity contribution in [3.8, 4) is 17.3 Å². The minimum atomic E-state index is -0.763. The highest BCUT2D eigenvalue weighted by atomic mass is 16.6. The second-order valence-corrected chi connectivity index (χ2v) is 9.76. The maximum Gasteiger partial charge on any atom is 0.351 e. The Morgan fingerprint density at radius 1 is 1.00 bits per heavy atom. The van der Waals surface area contributed by atoms with Crippen LogP contribution in [0, 0.1) is 30.9 Å². The molecule has 2 aromatic carbocycles. The molecule has 2 aromatic heterocycles. The first-order valence-corrected chi connectivity index (χ1v) is 13.0. The van der Waals surface area contributed by atoms with Crippen molar-refractivity contribution in [3.63, 3.8) is 0 Å².